The number of rotatable bonds is 4. The van der Waals surface area contributed by atoms with Gasteiger partial charge in [-0.05, 0) is 18.4 Å². The van der Waals surface area contributed by atoms with Crippen molar-refractivity contribution in [2.75, 3.05) is 19.6 Å². The lowest BCUT2D eigenvalue weighted by molar-refractivity contribution is -0.128. The maximum Gasteiger partial charge on any atom is 0.315 e. The Hall–Kier alpha value is -2.04. The fourth-order valence-electron chi connectivity index (χ4n) is 2.07. The molecular formula is C14H19N3O2. The normalized spacial score (nSPS) is 14.2. The number of amides is 3. The Kier molecular flexibility index (Phi) is 4.78. The van der Waals surface area contributed by atoms with Crippen LogP contribution in [0.5, 0.6) is 0 Å². The molecule has 0 radical (unpaired) electrons. The summed E-state index contributed by atoms with van der Waals surface area (Å²) in [6, 6.07) is 9.35. The van der Waals surface area contributed by atoms with Gasteiger partial charge in [0.25, 0.3) is 0 Å². The first-order chi connectivity index (χ1) is 9.25. The Morgan fingerprint density at radius 1 is 1.05 bits per heavy atom. The zero-order valence-corrected chi connectivity index (χ0v) is 10.9. The van der Waals surface area contributed by atoms with E-state index in [1.54, 1.807) is 4.90 Å². The van der Waals surface area contributed by atoms with Gasteiger partial charge in [0.1, 0.15) is 0 Å². The lowest BCUT2D eigenvalue weighted by Gasteiger charge is -2.15. The summed E-state index contributed by atoms with van der Waals surface area (Å²) in [6.07, 6.45) is 2.12. The SMILES string of the molecule is O=C(NCC(=O)N1CCCC1)NCc1ccccc1. The molecule has 1 aliphatic rings. The number of benzene rings is 1. The molecule has 0 saturated carbocycles. The third kappa shape index (κ3) is 4.28. The van der Waals surface area contributed by atoms with Gasteiger partial charge in [-0.1, -0.05) is 30.3 Å². The Bertz CT molecular complexity index is 428. The average molecular weight is 261 g/mol. The first-order valence-corrected chi connectivity index (χ1v) is 6.59. The fraction of sp³-hybridized carbons (Fsp3) is 0.429. The summed E-state index contributed by atoms with van der Waals surface area (Å²) in [4.78, 5) is 25.0. The van der Waals surface area contributed by atoms with Gasteiger partial charge >= 0.3 is 6.03 Å². The molecule has 1 fully saturated rings. The highest BCUT2D eigenvalue weighted by atomic mass is 16.2. The number of nitrogens with one attached hydrogen (secondary N) is 2. The molecule has 0 spiro atoms. The van der Waals surface area contributed by atoms with Gasteiger partial charge in [0.05, 0.1) is 6.54 Å². The van der Waals surface area contributed by atoms with E-state index in [2.05, 4.69) is 10.6 Å². The van der Waals surface area contributed by atoms with Crippen molar-refractivity contribution in [3.8, 4) is 0 Å². The Morgan fingerprint density at radius 2 is 1.74 bits per heavy atom. The second kappa shape index (κ2) is 6.78. The largest absolute Gasteiger partial charge is 0.341 e. The number of hydrogen-bond donors (Lipinski definition) is 2. The van der Waals surface area contributed by atoms with Crippen molar-refractivity contribution < 1.29 is 9.59 Å². The first-order valence-electron chi connectivity index (χ1n) is 6.59. The highest BCUT2D eigenvalue weighted by Crippen LogP contribution is 2.06. The molecule has 1 heterocycles. The number of carbonyl (C=O) groups is 2. The molecule has 19 heavy (non-hydrogen) atoms. The second-order valence-corrected chi connectivity index (χ2v) is 4.61. The van der Waals surface area contributed by atoms with Gasteiger partial charge in [-0.25, -0.2) is 4.79 Å². The molecule has 1 saturated heterocycles. The van der Waals surface area contributed by atoms with Crippen LogP contribution in [0, 0.1) is 0 Å². The number of likely N-dealkylation sites (tertiary alicyclic amines) is 1. The van der Waals surface area contributed by atoms with Crippen LogP contribution in [0.2, 0.25) is 0 Å². The number of carbonyl (C=O) groups excluding carboxylic acids is 2. The van der Waals surface area contributed by atoms with Crippen LogP contribution in [0.25, 0.3) is 0 Å². The lowest BCUT2D eigenvalue weighted by atomic mass is 10.2. The monoisotopic (exact) mass is 261 g/mol. The number of nitrogens with zero attached hydrogens (tertiary/aromatic N) is 1. The maximum absolute atomic E-state index is 11.7. The molecule has 0 aliphatic carbocycles. The molecule has 1 aromatic carbocycles. The third-order valence-electron chi connectivity index (χ3n) is 3.15. The van der Waals surface area contributed by atoms with E-state index in [0.29, 0.717) is 6.54 Å². The van der Waals surface area contributed by atoms with E-state index >= 15 is 0 Å². The quantitative estimate of drug-likeness (QED) is 0.853. The Balaban J connectivity index is 1.65. The summed E-state index contributed by atoms with van der Waals surface area (Å²) < 4.78 is 0. The van der Waals surface area contributed by atoms with Crippen LogP contribution >= 0.6 is 0 Å². The topological polar surface area (TPSA) is 61.4 Å². The Morgan fingerprint density at radius 3 is 2.42 bits per heavy atom. The average Bonchev–Trinajstić information content (AvgIpc) is 2.98. The molecule has 2 N–H and O–H groups in total. The highest BCUT2D eigenvalue weighted by molar-refractivity contribution is 5.84. The maximum atomic E-state index is 11.7. The standard InChI is InChI=1S/C14H19N3O2/c18-13(17-8-4-5-9-17)11-16-14(19)15-10-12-6-2-1-3-7-12/h1-3,6-7H,4-5,8-11H2,(H2,15,16,19). The smallest absolute Gasteiger partial charge is 0.315 e. The highest BCUT2D eigenvalue weighted by Gasteiger charge is 2.17. The van der Waals surface area contributed by atoms with Crippen LogP contribution in [-0.4, -0.2) is 36.5 Å². The minimum absolute atomic E-state index is 0.00707. The van der Waals surface area contributed by atoms with E-state index in [1.807, 2.05) is 30.3 Å². The molecule has 0 unspecified atom stereocenters. The summed E-state index contributed by atoms with van der Waals surface area (Å²) in [5.74, 6) is -0.00707. The van der Waals surface area contributed by atoms with E-state index < -0.39 is 0 Å². The third-order valence-corrected chi connectivity index (χ3v) is 3.15. The Labute approximate surface area is 113 Å². The second-order valence-electron chi connectivity index (χ2n) is 4.61. The molecule has 1 aromatic rings. The van der Waals surface area contributed by atoms with Gasteiger partial charge < -0.3 is 15.5 Å². The molecular weight excluding hydrogens is 242 g/mol. The summed E-state index contributed by atoms with van der Waals surface area (Å²) in [6.45, 7) is 2.16. The number of hydrogen-bond acceptors (Lipinski definition) is 2. The predicted molar refractivity (Wildman–Crippen MR) is 72.5 cm³/mol. The van der Waals surface area contributed by atoms with Crippen molar-refractivity contribution in [1.29, 1.82) is 0 Å². The van der Waals surface area contributed by atoms with Crippen molar-refractivity contribution >= 4 is 11.9 Å². The van der Waals surface area contributed by atoms with Gasteiger partial charge in [-0.15, -0.1) is 0 Å². The van der Waals surface area contributed by atoms with Crippen molar-refractivity contribution in [2.24, 2.45) is 0 Å². The van der Waals surface area contributed by atoms with E-state index in [-0.39, 0.29) is 18.5 Å². The van der Waals surface area contributed by atoms with Gasteiger partial charge in [0.2, 0.25) is 5.91 Å². The van der Waals surface area contributed by atoms with E-state index in [0.717, 1.165) is 31.5 Å². The molecule has 2 rings (SSSR count). The molecule has 3 amide bonds. The van der Waals surface area contributed by atoms with Crippen LogP contribution in [0.1, 0.15) is 18.4 Å². The van der Waals surface area contributed by atoms with Crippen LogP contribution < -0.4 is 10.6 Å². The molecule has 1 aliphatic heterocycles. The molecule has 102 valence electrons. The molecule has 5 nitrogen and oxygen atoms in total. The molecule has 0 atom stereocenters. The fourth-order valence-corrected chi connectivity index (χ4v) is 2.07. The van der Waals surface area contributed by atoms with E-state index in [9.17, 15) is 9.59 Å². The van der Waals surface area contributed by atoms with Gasteiger partial charge in [-0.2, -0.15) is 0 Å². The van der Waals surface area contributed by atoms with Crippen LogP contribution in [0.4, 0.5) is 4.79 Å². The van der Waals surface area contributed by atoms with Gasteiger partial charge in [0.15, 0.2) is 0 Å². The molecule has 5 heteroatoms. The summed E-state index contributed by atoms with van der Waals surface area (Å²) in [7, 11) is 0. The molecule has 0 bridgehead atoms. The zero-order chi connectivity index (χ0) is 13.5. The zero-order valence-electron chi connectivity index (χ0n) is 10.9. The summed E-state index contributed by atoms with van der Waals surface area (Å²) in [5.41, 5.74) is 1.03. The van der Waals surface area contributed by atoms with Crippen molar-refractivity contribution in [2.45, 2.75) is 19.4 Å². The van der Waals surface area contributed by atoms with Gasteiger partial charge in [0, 0.05) is 19.6 Å². The van der Waals surface area contributed by atoms with Crippen molar-refractivity contribution in [1.82, 2.24) is 15.5 Å². The van der Waals surface area contributed by atoms with Crippen LogP contribution in [-0.2, 0) is 11.3 Å². The van der Waals surface area contributed by atoms with Crippen molar-refractivity contribution in [3.63, 3.8) is 0 Å². The number of urea groups is 1. The van der Waals surface area contributed by atoms with Crippen LogP contribution in [0.3, 0.4) is 0 Å². The minimum Gasteiger partial charge on any atom is -0.341 e. The first kappa shape index (κ1) is 13.4. The van der Waals surface area contributed by atoms with Gasteiger partial charge in [-0.3, -0.25) is 4.79 Å². The molecule has 0 aromatic heterocycles. The van der Waals surface area contributed by atoms with E-state index in [1.165, 1.54) is 0 Å². The lowest BCUT2D eigenvalue weighted by Crippen LogP contribution is -2.42. The minimum atomic E-state index is -0.309. The summed E-state index contributed by atoms with van der Waals surface area (Å²) in [5, 5.41) is 5.31. The summed E-state index contributed by atoms with van der Waals surface area (Å²) >= 11 is 0. The van der Waals surface area contributed by atoms with E-state index in [4.69, 9.17) is 0 Å². The van der Waals surface area contributed by atoms with Crippen LogP contribution in [0.15, 0.2) is 30.3 Å². The van der Waals surface area contributed by atoms with Crippen molar-refractivity contribution in [3.05, 3.63) is 35.9 Å². The predicted octanol–water partition coefficient (Wildman–Crippen LogP) is 1.11.